The summed E-state index contributed by atoms with van der Waals surface area (Å²) in [5.41, 5.74) is 1.60. The van der Waals surface area contributed by atoms with Crippen molar-refractivity contribution in [1.29, 1.82) is 0 Å². The van der Waals surface area contributed by atoms with E-state index in [0.29, 0.717) is 12.2 Å². The number of hydrogen-bond acceptors (Lipinski definition) is 5. The highest BCUT2D eigenvalue weighted by molar-refractivity contribution is 5.88. The van der Waals surface area contributed by atoms with Crippen LogP contribution >= 0.6 is 0 Å². The summed E-state index contributed by atoms with van der Waals surface area (Å²) in [4.78, 5) is 22.5. The molecule has 0 spiro atoms. The zero-order valence-corrected chi connectivity index (χ0v) is 13.6. The summed E-state index contributed by atoms with van der Waals surface area (Å²) < 4.78 is 5.54. The minimum Gasteiger partial charge on any atom is -0.375 e. The molecule has 0 radical (unpaired) electrons. The minimum atomic E-state index is -0.269. The molecule has 1 atom stereocenters. The van der Waals surface area contributed by atoms with Gasteiger partial charge in [-0.1, -0.05) is 6.07 Å². The third-order valence-corrected chi connectivity index (χ3v) is 3.75. The fourth-order valence-corrected chi connectivity index (χ4v) is 2.53. The van der Waals surface area contributed by atoms with Gasteiger partial charge >= 0.3 is 6.03 Å². The number of pyridine rings is 2. The molecule has 3 heterocycles. The van der Waals surface area contributed by atoms with E-state index in [2.05, 4.69) is 32.4 Å². The second kappa shape index (κ2) is 7.74. The molecule has 1 aliphatic heterocycles. The van der Waals surface area contributed by atoms with Gasteiger partial charge in [-0.2, -0.15) is 0 Å². The standard InChI is InChI=1S/C17H21N5O2/c1-13-12-22(7-8-24-13)16-5-4-14(9-19-16)10-20-17(23)21-15-3-2-6-18-11-15/h2-6,9,11,13H,7-8,10,12H2,1H3,(H2,20,21,23)/t13-/m0/s1. The van der Waals surface area contributed by atoms with Gasteiger partial charge in [-0.05, 0) is 30.7 Å². The van der Waals surface area contributed by atoms with Crippen LogP contribution in [0.1, 0.15) is 12.5 Å². The zero-order chi connectivity index (χ0) is 16.8. The molecule has 1 saturated heterocycles. The summed E-state index contributed by atoms with van der Waals surface area (Å²) in [6.07, 6.45) is 5.27. The topological polar surface area (TPSA) is 79.4 Å². The Kier molecular flexibility index (Phi) is 5.22. The van der Waals surface area contributed by atoms with Crippen LogP contribution in [0.2, 0.25) is 0 Å². The molecule has 2 aromatic rings. The van der Waals surface area contributed by atoms with Crippen LogP contribution in [0.4, 0.5) is 16.3 Å². The van der Waals surface area contributed by atoms with Crippen molar-refractivity contribution in [3.63, 3.8) is 0 Å². The number of nitrogens with zero attached hydrogens (tertiary/aromatic N) is 3. The van der Waals surface area contributed by atoms with Crippen LogP contribution in [0.25, 0.3) is 0 Å². The van der Waals surface area contributed by atoms with Crippen LogP contribution in [-0.2, 0) is 11.3 Å². The molecule has 0 saturated carbocycles. The molecule has 0 aliphatic carbocycles. The van der Waals surface area contributed by atoms with Crippen molar-refractivity contribution in [2.75, 3.05) is 29.9 Å². The normalized spacial score (nSPS) is 17.4. The first kappa shape index (κ1) is 16.2. The molecule has 0 bridgehead atoms. The summed E-state index contributed by atoms with van der Waals surface area (Å²) in [5.74, 6) is 0.939. The van der Waals surface area contributed by atoms with Gasteiger partial charge in [-0.25, -0.2) is 9.78 Å². The first-order chi connectivity index (χ1) is 11.7. The Morgan fingerprint density at radius 3 is 3.00 bits per heavy atom. The van der Waals surface area contributed by atoms with Gasteiger partial charge in [0.25, 0.3) is 0 Å². The van der Waals surface area contributed by atoms with Gasteiger partial charge in [0, 0.05) is 32.0 Å². The number of hydrogen-bond donors (Lipinski definition) is 2. The maximum atomic E-state index is 11.8. The molecule has 1 aliphatic rings. The van der Waals surface area contributed by atoms with Crippen molar-refractivity contribution in [2.45, 2.75) is 19.6 Å². The number of carbonyl (C=O) groups is 1. The quantitative estimate of drug-likeness (QED) is 0.898. The van der Waals surface area contributed by atoms with Crippen molar-refractivity contribution in [3.05, 3.63) is 48.4 Å². The van der Waals surface area contributed by atoms with Gasteiger partial charge in [0.05, 0.1) is 24.6 Å². The van der Waals surface area contributed by atoms with E-state index < -0.39 is 0 Å². The van der Waals surface area contributed by atoms with E-state index in [4.69, 9.17) is 4.74 Å². The molecule has 1 fully saturated rings. The van der Waals surface area contributed by atoms with E-state index >= 15 is 0 Å². The molecule has 7 nitrogen and oxygen atoms in total. The molecular formula is C17H21N5O2. The van der Waals surface area contributed by atoms with Crippen molar-refractivity contribution in [2.24, 2.45) is 0 Å². The largest absolute Gasteiger partial charge is 0.375 e. The summed E-state index contributed by atoms with van der Waals surface area (Å²) in [7, 11) is 0. The number of urea groups is 1. The van der Waals surface area contributed by atoms with Gasteiger partial charge in [0.1, 0.15) is 5.82 Å². The number of rotatable bonds is 4. The molecule has 0 aromatic carbocycles. The van der Waals surface area contributed by atoms with Crippen LogP contribution in [0.5, 0.6) is 0 Å². The van der Waals surface area contributed by atoms with E-state index in [1.807, 2.05) is 12.1 Å². The maximum Gasteiger partial charge on any atom is 0.319 e. The fraction of sp³-hybridized carbons (Fsp3) is 0.353. The zero-order valence-electron chi connectivity index (χ0n) is 13.6. The number of nitrogens with one attached hydrogen (secondary N) is 2. The van der Waals surface area contributed by atoms with Crippen molar-refractivity contribution in [3.8, 4) is 0 Å². The third-order valence-electron chi connectivity index (χ3n) is 3.75. The molecule has 0 unspecified atom stereocenters. The number of morpholine rings is 1. The Morgan fingerprint density at radius 1 is 1.38 bits per heavy atom. The number of ether oxygens (including phenoxy) is 1. The van der Waals surface area contributed by atoms with E-state index in [1.165, 1.54) is 0 Å². The highest BCUT2D eigenvalue weighted by Crippen LogP contribution is 2.15. The highest BCUT2D eigenvalue weighted by atomic mass is 16.5. The Bertz CT molecular complexity index is 662. The van der Waals surface area contributed by atoms with Gasteiger partial charge in [-0.3, -0.25) is 4.98 Å². The Labute approximate surface area is 141 Å². The van der Waals surface area contributed by atoms with Crippen LogP contribution in [0, 0.1) is 0 Å². The molecule has 24 heavy (non-hydrogen) atoms. The highest BCUT2D eigenvalue weighted by Gasteiger charge is 2.17. The van der Waals surface area contributed by atoms with Crippen molar-refractivity contribution < 1.29 is 9.53 Å². The first-order valence-electron chi connectivity index (χ1n) is 7.97. The number of aromatic nitrogens is 2. The average Bonchev–Trinajstić information content (AvgIpc) is 2.61. The third kappa shape index (κ3) is 4.42. The van der Waals surface area contributed by atoms with E-state index in [0.717, 1.165) is 31.1 Å². The second-order valence-corrected chi connectivity index (χ2v) is 5.70. The Morgan fingerprint density at radius 2 is 2.29 bits per heavy atom. The fourth-order valence-electron chi connectivity index (χ4n) is 2.53. The molecule has 7 heteroatoms. The van der Waals surface area contributed by atoms with Crippen LogP contribution < -0.4 is 15.5 Å². The monoisotopic (exact) mass is 327 g/mol. The average molecular weight is 327 g/mol. The second-order valence-electron chi connectivity index (χ2n) is 5.70. The summed E-state index contributed by atoms with van der Waals surface area (Å²) in [6, 6.07) is 7.24. The maximum absolute atomic E-state index is 11.8. The van der Waals surface area contributed by atoms with Gasteiger partial charge in [-0.15, -0.1) is 0 Å². The smallest absolute Gasteiger partial charge is 0.319 e. The van der Waals surface area contributed by atoms with Gasteiger partial charge < -0.3 is 20.3 Å². The van der Waals surface area contributed by atoms with Crippen LogP contribution in [0.15, 0.2) is 42.9 Å². The first-order valence-corrected chi connectivity index (χ1v) is 7.97. The predicted molar refractivity (Wildman–Crippen MR) is 92.0 cm³/mol. The molecule has 2 aromatic heterocycles. The van der Waals surface area contributed by atoms with Gasteiger partial charge in [0.2, 0.25) is 0 Å². The number of amides is 2. The number of anilines is 2. The minimum absolute atomic E-state index is 0.220. The molecular weight excluding hydrogens is 306 g/mol. The molecule has 126 valence electrons. The summed E-state index contributed by atoms with van der Waals surface area (Å²) in [5, 5.41) is 5.53. The lowest BCUT2D eigenvalue weighted by Gasteiger charge is -2.32. The van der Waals surface area contributed by atoms with Crippen molar-refractivity contribution in [1.82, 2.24) is 15.3 Å². The van der Waals surface area contributed by atoms with Crippen molar-refractivity contribution >= 4 is 17.5 Å². The lowest BCUT2D eigenvalue weighted by atomic mass is 10.2. The van der Waals surface area contributed by atoms with Crippen LogP contribution in [-0.4, -0.2) is 41.8 Å². The lowest BCUT2D eigenvalue weighted by Crippen LogP contribution is -2.41. The lowest BCUT2D eigenvalue weighted by molar-refractivity contribution is 0.0529. The molecule has 3 rings (SSSR count). The summed E-state index contributed by atoms with van der Waals surface area (Å²) in [6.45, 7) is 4.89. The van der Waals surface area contributed by atoms with E-state index in [1.54, 1.807) is 30.7 Å². The van der Waals surface area contributed by atoms with E-state index in [9.17, 15) is 4.79 Å². The number of carbonyl (C=O) groups excluding carboxylic acids is 1. The Balaban J connectivity index is 1.50. The van der Waals surface area contributed by atoms with Crippen LogP contribution in [0.3, 0.4) is 0 Å². The van der Waals surface area contributed by atoms with E-state index in [-0.39, 0.29) is 12.1 Å². The SMILES string of the molecule is C[C@H]1CN(c2ccc(CNC(=O)Nc3cccnc3)cn2)CCO1. The van der Waals surface area contributed by atoms with Gasteiger partial charge in [0.15, 0.2) is 0 Å². The Hall–Kier alpha value is -2.67. The molecule has 2 amide bonds. The predicted octanol–water partition coefficient (Wildman–Crippen LogP) is 2.02. The molecule has 2 N–H and O–H groups in total. The summed E-state index contributed by atoms with van der Waals surface area (Å²) >= 11 is 0.